The molecule has 0 heterocycles. The number of para-hydroxylation sites is 1. The molecule has 0 radical (unpaired) electrons. The van der Waals surface area contributed by atoms with Gasteiger partial charge in [0.25, 0.3) is 15.9 Å². The lowest BCUT2D eigenvalue weighted by molar-refractivity contribution is -0.124. The van der Waals surface area contributed by atoms with Gasteiger partial charge in [-0.3, -0.25) is 9.79 Å². The van der Waals surface area contributed by atoms with E-state index in [1.54, 1.807) is 17.6 Å². The molecule has 7 N–H and O–H groups in total. The first kappa shape index (κ1) is 22.1. The van der Waals surface area contributed by atoms with Gasteiger partial charge in [0.05, 0.1) is 4.90 Å². The van der Waals surface area contributed by atoms with E-state index in [1.807, 2.05) is 22.9 Å². The van der Waals surface area contributed by atoms with Crippen molar-refractivity contribution in [1.82, 2.24) is 10.2 Å². The van der Waals surface area contributed by atoms with Crippen LogP contribution in [0.3, 0.4) is 0 Å². The van der Waals surface area contributed by atoms with Crippen LogP contribution in [-0.2, 0) is 14.8 Å². The summed E-state index contributed by atoms with van der Waals surface area (Å²) >= 11 is 0. The largest absolute Gasteiger partial charge is 0.457 e. The molecule has 0 saturated heterocycles. The Morgan fingerprint density at radius 3 is 2.28 bits per heavy atom. The van der Waals surface area contributed by atoms with Crippen molar-refractivity contribution in [3.05, 3.63) is 54.6 Å². The highest BCUT2D eigenvalue weighted by Gasteiger charge is 2.24. The van der Waals surface area contributed by atoms with E-state index < -0.39 is 22.0 Å². The van der Waals surface area contributed by atoms with Crippen molar-refractivity contribution < 1.29 is 23.2 Å². The Bertz CT molecular complexity index is 929. The van der Waals surface area contributed by atoms with Gasteiger partial charge in [-0.1, -0.05) is 18.2 Å². The molecule has 0 aliphatic rings. The number of carbonyl (C=O) groups excluding carboxylic acids is 1. The quantitative estimate of drug-likeness (QED) is 0.161. The Morgan fingerprint density at radius 1 is 1.07 bits per heavy atom. The zero-order chi connectivity index (χ0) is 21.3. The maximum atomic E-state index is 12.4. The van der Waals surface area contributed by atoms with Crippen molar-refractivity contribution in [3.8, 4) is 11.5 Å². The van der Waals surface area contributed by atoms with Crippen molar-refractivity contribution in [1.29, 1.82) is 0 Å². The minimum absolute atomic E-state index is 0.0924. The molecule has 29 heavy (non-hydrogen) atoms. The second-order valence-corrected chi connectivity index (χ2v) is 7.67. The molecule has 2 rings (SSSR count). The Morgan fingerprint density at radius 2 is 1.69 bits per heavy atom. The van der Waals surface area contributed by atoms with Crippen LogP contribution < -0.4 is 26.4 Å². The highest BCUT2D eigenvalue weighted by molar-refractivity contribution is 7.90. The second kappa shape index (κ2) is 10.4. The van der Waals surface area contributed by atoms with E-state index in [1.165, 1.54) is 24.3 Å². The molecule has 2 aromatic rings. The summed E-state index contributed by atoms with van der Waals surface area (Å²) in [7, 11) is -4.12. The van der Waals surface area contributed by atoms with Gasteiger partial charge in [-0.15, -0.1) is 0 Å². The summed E-state index contributed by atoms with van der Waals surface area (Å²) in [5, 5.41) is 9.14. The Kier molecular flexibility index (Phi) is 7.95. The molecule has 0 saturated carbocycles. The number of guanidine groups is 1. The van der Waals surface area contributed by atoms with E-state index in [4.69, 9.17) is 21.4 Å². The lowest BCUT2D eigenvalue weighted by Gasteiger charge is -2.15. The molecule has 1 amide bonds. The Hall–Kier alpha value is -3.15. The standard InChI is InChI=1S/C18H23N5O5S/c19-18(20)21-12-4-7-16(22-25)17(24)23-29(26,27)15-10-8-14(9-11-15)28-13-5-2-1-3-6-13/h1-3,5-6,8-11,16,22,25H,4,7,12H2,(H,23,24)(H4,19,20,21)/t16-/m1/s1. The third-order valence-electron chi connectivity index (χ3n) is 3.77. The van der Waals surface area contributed by atoms with E-state index >= 15 is 0 Å². The minimum atomic E-state index is -4.12. The summed E-state index contributed by atoms with van der Waals surface area (Å²) in [5.41, 5.74) is 12.2. The first-order chi connectivity index (χ1) is 13.8. The van der Waals surface area contributed by atoms with E-state index in [2.05, 4.69) is 4.99 Å². The molecule has 0 unspecified atom stereocenters. The van der Waals surface area contributed by atoms with Gasteiger partial charge in [0.2, 0.25) is 0 Å². The minimum Gasteiger partial charge on any atom is -0.457 e. The third-order valence-corrected chi connectivity index (χ3v) is 5.13. The number of aliphatic imine (C=N–C) groups is 1. The molecule has 156 valence electrons. The highest BCUT2D eigenvalue weighted by atomic mass is 32.2. The lowest BCUT2D eigenvalue weighted by atomic mass is 10.1. The fraction of sp³-hybridized carbons (Fsp3) is 0.222. The van der Waals surface area contributed by atoms with Crippen LogP contribution >= 0.6 is 0 Å². The van der Waals surface area contributed by atoms with Crippen molar-refractivity contribution in [2.75, 3.05) is 6.54 Å². The zero-order valence-electron chi connectivity index (χ0n) is 15.5. The summed E-state index contributed by atoms with van der Waals surface area (Å²) in [5.74, 6) is 0.0529. The molecule has 0 aliphatic carbocycles. The number of hydroxylamine groups is 1. The van der Waals surface area contributed by atoms with Gasteiger partial charge in [-0.25, -0.2) is 13.1 Å². The van der Waals surface area contributed by atoms with Crippen LogP contribution in [-0.4, -0.2) is 38.1 Å². The summed E-state index contributed by atoms with van der Waals surface area (Å²) in [6.07, 6.45) is 0.480. The fourth-order valence-corrected chi connectivity index (χ4v) is 3.35. The number of ether oxygens (including phenoxy) is 1. The fourth-order valence-electron chi connectivity index (χ4n) is 2.33. The summed E-state index contributed by atoms with van der Waals surface area (Å²) in [6.45, 7) is 0.240. The number of carbonyl (C=O) groups is 1. The van der Waals surface area contributed by atoms with E-state index in [0.717, 1.165) is 0 Å². The maximum Gasteiger partial charge on any atom is 0.264 e. The van der Waals surface area contributed by atoms with Gasteiger partial charge in [0.1, 0.15) is 17.5 Å². The molecular weight excluding hydrogens is 398 g/mol. The third kappa shape index (κ3) is 7.07. The number of nitrogens with one attached hydrogen (secondary N) is 2. The first-order valence-electron chi connectivity index (χ1n) is 8.66. The van der Waals surface area contributed by atoms with Gasteiger partial charge in [-0.05, 0) is 49.2 Å². The molecule has 11 heteroatoms. The maximum absolute atomic E-state index is 12.4. The van der Waals surface area contributed by atoms with Crippen LogP contribution in [0.5, 0.6) is 11.5 Å². The van der Waals surface area contributed by atoms with Gasteiger partial charge in [0, 0.05) is 6.54 Å². The number of amides is 1. The van der Waals surface area contributed by atoms with Crippen molar-refractivity contribution in [2.24, 2.45) is 16.5 Å². The molecule has 2 aromatic carbocycles. The van der Waals surface area contributed by atoms with Crippen LogP contribution in [0.25, 0.3) is 0 Å². The molecule has 0 bridgehead atoms. The molecular formula is C18H23N5O5S. The van der Waals surface area contributed by atoms with E-state index in [0.29, 0.717) is 17.9 Å². The van der Waals surface area contributed by atoms with Crippen molar-refractivity contribution in [3.63, 3.8) is 0 Å². The number of nitrogens with two attached hydrogens (primary N) is 2. The molecule has 0 spiro atoms. The van der Waals surface area contributed by atoms with Gasteiger partial charge in [-0.2, -0.15) is 5.48 Å². The van der Waals surface area contributed by atoms with Crippen LogP contribution in [0.1, 0.15) is 12.8 Å². The topological polar surface area (TPSA) is 169 Å². The van der Waals surface area contributed by atoms with Gasteiger partial charge in [0.15, 0.2) is 5.96 Å². The molecule has 0 aromatic heterocycles. The number of nitrogens with zero attached hydrogens (tertiary/aromatic N) is 1. The molecule has 0 aliphatic heterocycles. The summed E-state index contributed by atoms with van der Waals surface area (Å²) in [4.78, 5) is 15.8. The van der Waals surface area contributed by atoms with E-state index in [-0.39, 0.29) is 23.8 Å². The van der Waals surface area contributed by atoms with Crippen molar-refractivity contribution in [2.45, 2.75) is 23.8 Å². The van der Waals surface area contributed by atoms with E-state index in [9.17, 15) is 13.2 Å². The average molecular weight is 421 g/mol. The van der Waals surface area contributed by atoms with Crippen LogP contribution in [0, 0.1) is 0 Å². The Labute approximate surface area is 168 Å². The Balaban J connectivity index is 1.98. The number of rotatable bonds is 10. The number of benzene rings is 2. The second-order valence-electron chi connectivity index (χ2n) is 5.99. The number of hydrogen-bond donors (Lipinski definition) is 5. The number of hydrogen-bond acceptors (Lipinski definition) is 7. The summed E-state index contributed by atoms with van der Waals surface area (Å²) < 4.78 is 32.4. The monoisotopic (exact) mass is 421 g/mol. The zero-order valence-corrected chi connectivity index (χ0v) is 16.3. The molecule has 0 fully saturated rings. The lowest BCUT2D eigenvalue weighted by Crippen LogP contribution is -2.45. The average Bonchev–Trinajstić information content (AvgIpc) is 2.68. The van der Waals surface area contributed by atoms with Crippen LogP contribution in [0.15, 0.2) is 64.5 Å². The normalized spacial score (nSPS) is 12.0. The number of sulfonamides is 1. The predicted octanol–water partition coefficient (Wildman–Crippen LogP) is 0.685. The summed E-state index contributed by atoms with van der Waals surface area (Å²) in [6, 6.07) is 13.4. The van der Waals surface area contributed by atoms with Gasteiger partial charge < -0.3 is 21.4 Å². The van der Waals surface area contributed by atoms with Crippen LogP contribution in [0.4, 0.5) is 0 Å². The first-order valence-corrected chi connectivity index (χ1v) is 10.1. The predicted molar refractivity (Wildman–Crippen MR) is 107 cm³/mol. The molecule has 1 atom stereocenters. The highest BCUT2D eigenvalue weighted by Crippen LogP contribution is 2.22. The van der Waals surface area contributed by atoms with Crippen LogP contribution in [0.2, 0.25) is 0 Å². The van der Waals surface area contributed by atoms with Gasteiger partial charge >= 0.3 is 0 Å². The SMILES string of the molecule is NC(N)=NCCC[C@@H](NO)C(=O)NS(=O)(=O)c1ccc(Oc2ccccc2)cc1. The van der Waals surface area contributed by atoms with Crippen molar-refractivity contribution >= 4 is 21.9 Å². The molecule has 10 nitrogen and oxygen atoms in total. The smallest absolute Gasteiger partial charge is 0.264 e.